The summed E-state index contributed by atoms with van der Waals surface area (Å²) >= 11 is 0. The molecule has 3 rings (SSSR count). The molecule has 0 aliphatic rings. The van der Waals surface area contributed by atoms with E-state index in [4.69, 9.17) is 14.2 Å². The van der Waals surface area contributed by atoms with Crippen molar-refractivity contribution >= 4 is 23.6 Å². The van der Waals surface area contributed by atoms with Crippen LogP contribution in [0.25, 0.3) is 6.08 Å². The fourth-order valence-electron chi connectivity index (χ4n) is 2.86. The summed E-state index contributed by atoms with van der Waals surface area (Å²) in [5, 5.41) is 5.30. The third-order valence-electron chi connectivity index (χ3n) is 4.40. The SMILES string of the molecule is CNC(=O)c1cc(Oc2ccc(NC(=O)/C=C/c3cccc(OC)c3OC)cc2)ccn1. The van der Waals surface area contributed by atoms with Gasteiger partial charge >= 0.3 is 0 Å². The zero-order valence-electron chi connectivity index (χ0n) is 17.9. The van der Waals surface area contributed by atoms with Gasteiger partial charge in [0, 0.05) is 36.6 Å². The largest absolute Gasteiger partial charge is 0.493 e. The van der Waals surface area contributed by atoms with Crippen LogP contribution in [0.5, 0.6) is 23.0 Å². The van der Waals surface area contributed by atoms with Crippen LogP contribution >= 0.6 is 0 Å². The summed E-state index contributed by atoms with van der Waals surface area (Å²) in [5.41, 5.74) is 1.58. The number of ether oxygens (including phenoxy) is 3. The molecule has 8 nitrogen and oxygen atoms in total. The maximum Gasteiger partial charge on any atom is 0.269 e. The topological polar surface area (TPSA) is 98.8 Å². The van der Waals surface area contributed by atoms with E-state index < -0.39 is 0 Å². The molecule has 2 amide bonds. The number of methoxy groups -OCH3 is 2. The molecule has 2 aromatic carbocycles. The molecule has 0 aliphatic heterocycles. The lowest BCUT2D eigenvalue weighted by Gasteiger charge is -2.10. The molecule has 0 unspecified atom stereocenters. The van der Waals surface area contributed by atoms with Gasteiger partial charge in [-0.25, -0.2) is 0 Å². The van der Waals surface area contributed by atoms with Gasteiger partial charge < -0.3 is 24.8 Å². The second-order valence-corrected chi connectivity index (χ2v) is 6.49. The lowest BCUT2D eigenvalue weighted by atomic mass is 10.1. The normalized spacial score (nSPS) is 10.5. The molecule has 8 heteroatoms. The number of pyridine rings is 1. The molecule has 0 saturated heterocycles. The van der Waals surface area contributed by atoms with E-state index in [0.717, 1.165) is 5.56 Å². The molecule has 32 heavy (non-hydrogen) atoms. The van der Waals surface area contributed by atoms with Crippen LogP contribution < -0.4 is 24.8 Å². The van der Waals surface area contributed by atoms with Crippen LogP contribution in [0.1, 0.15) is 16.1 Å². The van der Waals surface area contributed by atoms with Gasteiger partial charge in [0.05, 0.1) is 14.2 Å². The Morgan fingerprint density at radius 3 is 2.44 bits per heavy atom. The summed E-state index contributed by atoms with van der Waals surface area (Å²) < 4.78 is 16.4. The number of nitrogens with zero attached hydrogens (tertiary/aromatic N) is 1. The fourth-order valence-corrected chi connectivity index (χ4v) is 2.86. The number of rotatable bonds is 8. The molecule has 0 saturated carbocycles. The number of benzene rings is 2. The van der Waals surface area contributed by atoms with Crippen molar-refractivity contribution in [2.45, 2.75) is 0 Å². The average molecular weight is 433 g/mol. The van der Waals surface area contributed by atoms with Gasteiger partial charge in [0.1, 0.15) is 17.2 Å². The Morgan fingerprint density at radius 2 is 1.75 bits per heavy atom. The maximum atomic E-state index is 12.3. The molecule has 0 fully saturated rings. The summed E-state index contributed by atoms with van der Waals surface area (Å²) in [5.74, 6) is 1.57. The summed E-state index contributed by atoms with van der Waals surface area (Å²) in [7, 11) is 4.64. The molecule has 3 aromatic rings. The number of anilines is 1. The minimum atomic E-state index is -0.298. The first-order valence-corrected chi connectivity index (χ1v) is 9.70. The van der Waals surface area contributed by atoms with E-state index in [9.17, 15) is 9.59 Å². The fraction of sp³-hybridized carbons (Fsp3) is 0.125. The molecule has 1 heterocycles. The lowest BCUT2D eigenvalue weighted by Crippen LogP contribution is -2.18. The van der Waals surface area contributed by atoms with Gasteiger partial charge in [-0.05, 0) is 42.5 Å². The van der Waals surface area contributed by atoms with Gasteiger partial charge in [0.2, 0.25) is 5.91 Å². The zero-order chi connectivity index (χ0) is 22.9. The maximum absolute atomic E-state index is 12.3. The van der Waals surface area contributed by atoms with Crippen molar-refractivity contribution < 1.29 is 23.8 Å². The Hall–Kier alpha value is -4.33. The second kappa shape index (κ2) is 10.6. The van der Waals surface area contributed by atoms with Crippen molar-refractivity contribution in [3.05, 3.63) is 78.1 Å². The first-order chi connectivity index (χ1) is 15.5. The van der Waals surface area contributed by atoms with Gasteiger partial charge in [-0.2, -0.15) is 0 Å². The molecular weight excluding hydrogens is 410 g/mol. The molecule has 0 radical (unpaired) electrons. The minimum Gasteiger partial charge on any atom is -0.493 e. The summed E-state index contributed by atoms with van der Waals surface area (Å²) in [6, 6.07) is 15.5. The molecule has 0 bridgehead atoms. The third kappa shape index (κ3) is 5.63. The predicted molar refractivity (Wildman–Crippen MR) is 121 cm³/mol. The highest BCUT2D eigenvalue weighted by molar-refractivity contribution is 6.02. The zero-order valence-corrected chi connectivity index (χ0v) is 17.9. The van der Waals surface area contributed by atoms with E-state index in [-0.39, 0.29) is 17.5 Å². The predicted octanol–water partition coefficient (Wildman–Crippen LogP) is 3.90. The highest BCUT2D eigenvalue weighted by Crippen LogP contribution is 2.31. The third-order valence-corrected chi connectivity index (χ3v) is 4.40. The number of nitrogens with one attached hydrogen (secondary N) is 2. The van der Waals surface area contributed by atoms with Gasteiger partial charge in [-0.15, -0.1) is 0 Å². The van der Waals surface area contributed by atoms with Gasteiger partial charge in [-0.3, -0.25) is 14.6 Å². The quantitative estimate of drug-likeness (QED) is 0.523. The van der Waals surface area contributed by atoms with Gasteiger partial charge in [-0.1, -0.05) is 12.1 Å². The van der Waals surface area contributed by atoms with Crippen molar-refractivity contribution in [2.75, 3.05) is 26.6 Å². The lowest BCUT2D eigenvalue weighted by molar-refractivity contribution is -0.111. The smallest absolute Gasteiger partial charge is 0.269 e. The van der Waals surface area contributed by atoms with E-state index >= 15 is 0 Å². The molecular formula is C24H23N3O5. The van der Waals surface area contributed by atoms with Crippen molar-refractivity contribution in [1.29, 1.82) is 0 Å². The van der Waals surface area contributed by atoms with Crippen LogP contribution in [0.3, 0.4) is 0 Å². The van der Waals surface area contributed by atoms with Crippen molar-refractivity contribution in [2.24, 2.45) is 0 Å². The van der Waals surface area contributed by atoms with E-state index in [1.807, 2.05) is 12.1 Å². The minimum absolute atomic E-state index is 0.258. The molecule has 0 atom stereocenters. The van der Waals surface area contributed by atoms with E-state index in [1.54, 1.807) is 62.8 Å². The number of amides is 2. The Kier molecular flexibility index (Phi) is 7.42. The Morgan fingerprint density at radius 1 is 0.969 bits per heavy atom. The van der Waals surface area contributed by atoms with Crippen LogP contribution in [0.4, 0.5) is 5.69 Å². The highest BCUT2D eigenvalue weighted by atomic mass is 16.5. The van der Waals surface area contributed by atoms with Gasteiger partial charge in [0.25, 0.3) is 5.91 Å². The molecule has 164 valence electrons. The summed E-state index contributed by atoms with van der Waals surface area (Å²) in [4.78, 5) is 28.0. The summed E-state index contributed by atoms with van der Waals surface area (Å²) in [6.45, 7) is 0. The number of hydrogen-bond donors (Lipinski definition) is 2. The van der Waals surface area contributed by atoms with E-state index in [0.29, 0.717) is 28.7 Å². The monoisotopic (exact) mass is 433 g/mol. The van der Waals surface area contributed by atoms with Crippen LogP contribution in [0, 0.1) is 0 Å². The summed E-state index contributed by atoms with van der Waals surface area (Å²) in [6.07, 6.45) is 4.57. The molecule has 0 aliphatic carbocycles. The van der Waals surface area contributed by atoms with Crippen molar-refractivity contribution in [3.8, 4) is 23.0 Å². The first kappa shape index (κ1) is 22.4. The number of para-hydroxylation sites is 1. The highest BCUT2D eigenvalue weighted by Gasteiger charge is 2.08. The van der Waals surface area contributed by atoms with E-state index in [1.165, 1.54) is 19.3 Å². The molecule has 1 aromatic heterocycles. The molecule has 0 spiro atoms. The number of carbonyl (C=O) groups excluding carboxylic acids is 2. The van der Waals surface area contributed by atoms with Crippen LogP contribution in [-0.2, 0) is 4.79 Å². The Labute approximate surface area is 185 Å². The van der Waals surface area contributed by atoms with Crippen molar-refractivity contribution in [1.82, 2.24) is 10.3 Å². The standard InChI is InChI=1S/C24H23N3O5/c1-25-24(29)20-15-19(13-14-26-20)32-18-10-8-17(9-11-18)27-22(28)12-7-16-5-4-6-21(30-2)23(16)31-3/h4-15H,1-3H3,(H,25,29)(H,27,28)/b12-7+. The molecule has 2 N–H and O–H groups in total. The Balaban J connectivity index is 1.63. The van der Waals surface area contributed by atoms with Crippen LogP contribution in [0.2, 0.25) is 0 Å². The number of carbonyl (C=O) groups is 2. The first-order valence-electron chi connectivity index (χ1n) is 9.70. The Bertz CT molecular complexity index is 1130. The number of aromatic nitrogens is 1. The van der Waals surface area contributed by atoms with Gasteiger partial charge in [0.15, 0.2) is 11.5 Å². The van der Waals surface area contributed by atoms with Crippen LogP contribution in [0.15, 0.2) is 66.9 Å². The van der Waals surface area contributed by atoms with Crippen LogP contribution in [-0.4, -0.2) is 38.1 Å². The average Bonchev–Trinajstić information content (AvgIpc) is 2.83. The number of hydrogen-bond acceptors (Lipinski definition) is 6. The van der Waals surface area contributed by atoms with E-state index in [2.05, 4.69) is 15.6 Å². The van der Waals surface area contributed by atoms with Crippen molar-refractivity contribution in [3.63, 3.8) is 0 Å². The second-order valence-electron chi connectivity index (χ2n) is 6.49.